The molecule has 0 saturated carbocycles. The Labute approximate surface area is 191 Å². The van der Waals surface area contributed by atoms with Gasteiger partial charge in [0.2, 0.25) is 0 Å². The second kappa shape index (κ2) is 9.81. The Hall–Kier alpha value is -3.09. The van der Waals surface area contributed by atoms with Crippen molar-refractivity contribution < 1.29 is 14.3 Å². The molecule has 0 aromatic heterocycles. The van der Waals surface area contributed by atoms with Crippen LogP contribution in [0.4, 0.5) is 5.69 Å². The summed E-state index contributed by atoms with van der Waals surface area (Å²) in [6.07, 6.45) is 1.83. The molecule has 4 rings (SSSR count). The smallest absolute Gasteiger partial charge is 0.270 e. The van der Waals surface area contributed by atoms with Crippen LogP contribution in [0.25, 0.3) is 6.08 Å². The van der Waals surface area contributed by atoms with Crippen molar-refractivity contribution in [3.05, 3.63) is 94.9 Å². The van der Waals surface area contributed by atoms with E-state index >= 15 is 0 Å². The fraction of sp³-hybridized carbons (Fsp3) is 0.120. The molecule has 4 nitrogen and oxygen atoms in total. The van der Waals surface area contributed by atoms with Gasteiger partial charge in [-0.15, -0.1) is 0 Å². The third-order valence-corrected chi connectivity index (χ3v) is 6.01. The zero-order chi connectivity index (χ0) is 21.6. The Morgan fingerprint density at radius 1 is 0.871 bits per heavy atom. The Morgan fingerprint density at radius 3 is 2.23 bits per heavy atom. The van der Waals surface area contributed by atoms with Gasteiger partial charge in [0.05, 0.1) is 10.6 Å². The first-order chi connectivity index (χ1) is 15.1. The number of carbonyl (C=O) groups is 1. The van der Waals surface area contributed by atoms with E-state index in [1.54, 1.807) is 4.90 Å². The molecule has 0 spiro atoms. The Morgan fingerprint density at radius 2 is 1.48 bits per heavy atom. The van der Waals surface area contributed by atoms with E-state index < -0.39 is 0 Å². The zero-order valence-electron chi connectivity index (χ0n) is 17.0. The minimum Gasteiger partial charge on any atom is -0.490 e. The molecule has 6 heteroatoms. The number of nitrogens with zero attached hydrogens (tertiary/aromatic N) is 1. The third-order valence-electron chi connectivity index (χ3n) is 4.71. The van der Waals surface area contributed by atoms with Gasteiger partial charge in [-0.3, -0.25) is 9.69 Å². The normalized spacial score (nSPS) is 14.9. The highest BCUT2D eigenvalue weighted by Crippen LogP contribution is 2.37. The lowest BCUT2D eigenvalue weighted by atomic mass is 10.2. The van der Waals surface area contributed by atoms with E-state index in [1.165, 1.54) is 11.8 Å². The summed E-state index contributed by atoms with van der Waals surface area (Å²) in [6, 6.07) is 25.0. The average Bonchev–Trinajstić information content (AvgIpc) is 3.07. The number of anilines is 1. The molecule has 1 aliphatic rings. The number of ether oxygens (including phenoxy) is 2. The molecule has 1 heterocycles. The van der Waals surface area contributed by atoms with Crippen LogP contribution in [0.3, 0.4) is 0 Å². The van der Waals surface area contributed by atoms with Crippen LogP contribution in [0.1, 0.15) is 11.1 Å². The number of aryl methyl sites for hydroxylation is 1. The second-order valence-corrected chi connectivity index (χ2v) is 8.53. The molecule has 31 heavy (non-hydrogen) atoms. The topological polar surface area (TPSA) is 38.8 Å². The molecule has 0 aliphatic carbocycles. The molecule has 0 radical (unpaired) electrons. The van der Waals surface area contributed by atoms with E-state index in [0.29, 0.717) is 28.2 Å². The van der Waals surface area contributed by atoms with Gasteiger partial charge in [0.1, 0.15) is 24.7 Å². The minimum atomic E-state index is -0.126. The summed E-state index contributed by atoms with van der Waals surface area (Å²) >= 11 is 6.74. The van der Waals surface area contributed by atoms with Crippen molar-refractivity contribution in [1.82, 2.24) is 0 Å². The maximum absolute atomic E-state index is 13.0. The SMILES string of the molecule is Cc1ccccc1OCCOc1ccccc1/C=C1\SC(=S)N(c2ccccc2)C1=O. The van der Waals surface area contributed by atoms with Gasteiger partial charge in [0, 0.05) is 5.56 Å². The van der Waals surface area contributed by atoms with Crippen molar-refractivity contribution >= 4 is 46.0 Å². The summed E-state index contributed by atoms with van der Waals surface area (Å²) in [5.41, 5.74) is 2.68. The number of benzene rings is 3. The van der Waals surface area contributed by atoms with Crippen molar-refractivity contribution in [1.29, 1.82) is 0 Å². The lowest BCUT2D eigenvalue weighted by Crippen LogP contribution is -2.27. The number of para-hydroxylation sites is 3. The molecule has 156 valence electrons. The van der Waals surface area contributed by atoms with Crippen LogP contribution in [0.5, 0.6) is 11.5 Å². The molecule has 1 amide bonds. The van der Waals surface area contributed by atoms with Crippen molar-refractivity contribution in [2.75, 3.05) is 18.1 Å². The highest BCUT2D eigenvalue weighted by molar-refractivity contribution is 8.27. The van der Waals surface area contributed by atoms with Crippen LogP contribution >= 0.6 is 24.0 Å². The van der Waals surface area contributed by atoms with Crippen molar-refractivity contribution in [2.45, 2.75) is 6.92 Å². The number of thiocarbonyl (C=S) groups is 1. The molecule has 3 aromatic rings. The summed E-state index contributed by atoms with van der Waals surface area (Å²) in [6.45, 7) is 2.83. The zero-order valence-corrected chi connectivity index (χ0v) is 18.6. The summed E-state index contributed by atoms with van der Waals surface area (Å²) in [4.78, 5) is 15.1. The van der Waals surface area contributed by atoms with Gasteiger partial charge in [-0.1, -0.05) is 78.6 Å². The first-order valence-electron chi connectivity index (χ1n) is 9.87. The van der Waals surface area contributed by atoms with Crippen LogP contribution in [0.2, 0.25) is 0 Å². The Kier molecular flexibility index (Phi) is 6.70. The molecule has 0 N–H and O–H groups in total. The quantitative estimate of drug-likeness (QED) is 0.258. The number of hydrogen-bond donors (Lipinski definition) is 0. The number of amides is 1. The van der Waals surface area contributed by atoms with E-state index in [0.717, 1.165) is 22.6 Å². The maximum atomic E-state index is 13.0. The summed E-state index contributed by atoms with van der Waals surface area (Å²) in [7, 11) is 0. The fourth-order valence-corrected chi connectivity index (χ4v) is 4.45. The van der Waals surface area contributed by atoms with Gasteiger partial charge in [0.25, 0.3) is 5.91 Å². The van der Waals surface area contributed by atoms with E-state index in [2.05, 4.69) is 0 Å². The molecular weight excluding hydrogens is 426 g/mol. The summed E-state index contributed by atoms with van der Waals surface area (Å²) < 4.78 is 12.3. The van der Waals surface area contributed by atoms with Crippen LogP contribution < -0.4 is 14.4 Å². The number of hydrogen-bond acceptors (Lipinski definition) is 5. The van der Waals surface area contributed by atoms with Gasteiger partial charge in [-0.25, -0.2) is 0 Å². The van der Waals surface area contributed by atoms with Gasteiger partial charge >= 0.3 is 0 Å². The van der Waals surface area contributed by atoms with Gasteiger partial charge in [-0.2, -0.15) is 0 Å². The van der Waals surface area contributed by atoms with Crippen molar-refractivity contribution in [3.63, 3.8) is 0 Å². The number of thioether (sulfide) groups is 1. The van der Waals surface area contributed by atoms with Crippen molar-refractivity contribution in [2.24, 2.45) is 0 Å². The first-order valence-corrected chi connectivity index (χ1v) is 11.1. The second-order valence-electron chi connectivity index (χ2n) is 6.85. The third kappa shape index (κ3) is 4.98. The highest BCUT2D eigenvalue weighted by Gasteiger charge is 2.33. The molecular formula is C25H21NO3S2. The van der Waals surface area contributed by atoms with Crippen LogP contribution in [0.15, 0.2) is 83.8 Å². The Balaban J connectivity index is 1.45. The molecule has 1 saturated heterocycles. The van der Waals surface area contributed by atoms with Crippen LogP contribution in [-0.2, 0) is 4.79 Å². The Bertz CT molecular complexity index is 1130. The molecule has 3 aromatic carbocycles. The molecule has 1 aliphatic heterocycles. The first kappa shape index (κ1) is 21.2. The predicted molar refractivity (Wildman–Crippen MR) is 131 cm³/mol. The lowest BCUT2D eigenvalue weighted by molar-refractivity contribution is -0.113. The van der Waals surface area contributed by atoms with Crippen LogP contribution in [-0.4, -0.2) is 23.4 Å². The molecule has 0 bridgehead atoms. The predicted octanol–water partition coefficient (Wildman–Crippen LogP) is 5.86. The maximum Gasteiger partial charge on any atom is 0.270 e. The van der Waals surface area contributed by atoms with Crippen molar-refractivity contribution in [3.8, 4) is 11.5 Å². The highest BCUT2D eigenvalue weighted by atomic mass is 32.2. The molecule has 0 unspecified atom stereocenters. The lowest BCUT2D eigenvalue weighted by Gasteiger charge is -2.14. The summed E-state index contributed by atoms with van der Waals surface area (Å²) in [5, 5.41) is 0. The van der Waals surface area contributed by atoms with Gasteiger partial charge in [-0.05, 0) is 42.8 Å². The van der Waals surface area contributed by atoms with E-state index in [-0.39, 0.29) is 5.91 Å². The van der Waals surface area contributed by atoms with E-state index in [9.17, 15) is 4.79 Å². The minimum absolute atomic E-state index is 0.126. The van der Waals surface area contributed by atoms with E-state index in [1.807, 2.05) is 91.9 Å². The van der Waals surface area contributed by atoms with Gasteiger partial charge in [0.15, 0.2) is 4.32 Å². The number of rotatable bonds is 7. The molecule has 0 atom stereocenters. The number of carbonyl (C=O) groups excluding carboxylic acids is 1. The van der Waals surface area contributed by atoms with Gasteiger partial charge < -0.3 is 9.47 Å². The average molecular weight is 448 g/mol. The molecule has 1 fully saturated rings. The summed E-state index contributed by atoms with van der Waals surface area (Å²) in [5.74, 6) is 1.42. The largest absolute Gasteiger partial charge is 0.490 e. The standard InChI is InChI=1S/C25H21NO3S2/c1-18-9-5-7-13-21(18)28-15-16-29-22-14-8-6-10-19(22)17-23-24(27)26(25(30)31-23)20-11-3-2-4-12-20/h2-14,17H,15-16H2,1H3/b23-17-. The monoisotopic (exact) mass is 447 g/mol. The fourth-order valence-electron chi connectivity index (χ4n) is 3.16. The van der Waals surface area contributed by atoms with Crippen LogP contribution in [0, 0.1) is 6.92 Å². The van der Waals surface area contributed by atoms with E-state index in [4.69, 9.17) is 21.7 Å².